The Labute approximate surface area is 167 Å². The van der Waals surface area contributed by atoms with E-state index in [1.807, 2.05) is 28.0 Å². The molecule has 1 amide bonds. The van der Waals surface area contributed by atoms with Crippen molar-refractivity contribution in [1.29, 1.82) is 0 Å². The fourth-order valence-corrected chi connectivity index (χ4v) is 5.32. The molecule has 5 heterocycles. The number of nitrogens with zero attached hydrogens (tertiary/aromatic N) is 4. The summed E-state index contributed by atoms with van der Waals surface area (Å²) in [5.74, 6) is 2.85. The third-order valence-electron chi connectivity index (χ3n) is 5.89. The van der Waals surface area contributed by atoms with Gasteiger partial charge in [0.25, 0.3) is 5.91 Å². The fourth-order valence-electron chi connectivity index (χ4n) is 4.38. The van der Waals surface area contributed by atoms with Crippen molar-refractivity contribution < 1.29 is 9.21 Å². The van der Waals surface area contributed by atoms with Crippen molar-refractivity contribution in [3.63, 3.8) is 0 Å². The van der Waals surface area contributed by atoms with Gasteiger partial charge in [-0.25, -0.2) is 0 Å². The number of nitrogens with one attached hydrogen (secondary N) is 1. The number of carbonyl (C=O) groups excluding carboxylic acids is 1. The number of hydrogen-bond donors (Lipinski definition) is 1. The number of thiophene rings is 1. The van der Waals surface area contributed by atoms with Crippen LogP contribution < -0.4 is 5.32 Å². The number of hydrogen-bond acceptors (Lipinski definition) is 6. The minimum atomic E-state index is -0.197. The summed E-state index contributed by atoms with van der Waals surface area (Å²) in [5.41, 5.74) is 1.37. The summed E-state index contributed by atoms with van der Waals surface area (Å²) in [5, 5.41) is 13.7. The van der Waals surface area contributed by atoms with Crippen LogP contribution in [0.15, 0.2) is 34.3 Å². The summed E-state index contributed by atoms with van der Waals surface area (Å²) < 4.78 is 7.28. The highest BCUT2D eigenvalue weighted by Gasteiger charge is 2.40. The average Bonchev–Trinajstić information content (AvgIpc) is 3.47. The number of aryl methyl sites for hydroxylation is 1. The van der Waals surface area contributed by atoms with Crippen molar-refractivity contribution in [2.75, 3.05) is 13.1 Å². The number of likely N-dealkylation sites (tertiary alicyclic amines) is 1. The summed E-state index contributed by atoms with van der Waals surface area (Å²) in [6.07, 6.45) is 2.66. The van der Waals surface area contributed by atoms with Gasteiger partial charge in [0.1, 0.15) is 11.6 Å². The molecule has 8 heteroatoms. The molecule has 0 aromatic carbocycles. The quantitative estimate of drug-likeness (QED) is 0.716. The zero-order valence-corrected chi connectivity index (χ0v) is 16.6. The average molecular weight is 398 g/mol. The van der Waals surface area contributed by atoms with Crippen molar-refractivity contribution in [3.8, 4) is 0 Å². The van der Waals surface area contributed by atoms with Crippen LogP contribution in [-0.4, -0.2) is 38.7 Å². The normalized spacial score (nSPS) is 21.5. The Kier molecular flexibility index (Phi) is 4.52. The van der Waals surface area contributed by atoms with Gasteiger partial charge in [0.2, 0.25) is 5.82 Å². The van der Waals surface area contributed by atoms with Crippen LogP contribution in [0.2, 0.25) is 0 Å². The molecular weight excluding hydrogens is 374 g/mol. The number of carbonyl (C=O) groups is 1. The Morgan fingerprint density at radius 1 is 1.36 bits per heavy atom. The van der Waals surface area contributed by atoms with Gasteiger partial charge in [-0.3, -0.25) is 9.69 Å². The van der Waals surface area contributed by atoms with Gasteiger partial charge in [-0.15, -0.1) is 21.5 Å². The Balaban J connectivity index is 1.29. The highest BCUT2D eigenvalue weighted by Crippen LogP contribution is 2.39. The van der Waals surface area contributed by atoms with E-state index in [0.29, 0.717) is 24.2 Å². The van der Waals surface area contributed by atoms with E-state index in [1.54, 1.807) is 6.26 Å². The molecular formula is C20H23N5O2S. The van der Waals surface area contributed by atoms with Crippen LogP contribution in [0.5, 0.6) is 0 Å². The minimum absolute atomic E-state index is 0.197. The van der Waals surface area contributed by atoms with Crippen molar-refractivity contribution in [2.24, 2.45) is 5.92 Å². The maximum Gasteiger partial charge on any atom is 0.289 e. The molecule has 0 saturated carbocycles. The topological polar surface area (TPSA) is 76.2 Å². The Morgan fingerprint density at radius 3 is 3.07 bits per heavy atom. The van der Waals surface area contributed by atoms with E-state index in [4.69, 9.17) is 4.42 Å². The van der Waals surface area contributed by atoms with E-state index in [1.165, 1.54) is 10.4 Å². The van der Waals surface area contributed by atoms with Crippen molar-refractivity contribution in [1.82, 2.24) is 25.0 Å². The first-order valence-corrected chi connectivity index (χ1v) is 10.6. The molecule has 1 N–H and O–H groups in total. The first-order chi connectivity index (χ1) is 13.7. The highest BCUT2D eigenvalue weighted by molar-refractivity contribution is 7.10. The van der Waals surface area contributed by atoms with Gasteiger partial charge >= 0.3 is 0 Å². The molecule has 3 aromatic rings. The second-order valence-electron chi connectivity index (χ2n) is 7.67. The molecule has 1 saturated heterocycles. The number of furan rings is 1. The molecule has 28 heavy (non-hydrogen) atoms. The van der Waals surface area contributed by atoms with Crippen LogP contribution in [-0.2, 0) is 19.6 Å². The summed E-state index contributed by atoms with van der Waals surface area (Å²) in [4.78, 5) is 16.6. The lowest BCUT2D eigenvalue weighted by molar-refractivity contribution is 0.0931. The molecule has 0 aliphatic carbocycles. The van der Waals surface area contributed by atoms with E-state index in [0.717, 1.165) is 44.2 Å². The molecule has 0 radical (unpaired) electrons. The molecule has 2 atom stereocenters. The van der Waals surface area contributed by atoms with Crippen molar-refractivity contribution in [3.05, 3.63) is 57.7 Å². The largest absolute Gasteiger partial charge is 0.467 e. The number of aromatic nitrogens is 3. The molecule has 7 nitrogen and oxygen atoms in total. The smallest absolute Gasteiger partial charge is 0.289 e. The van der Waals surface area contributed by atoms with E-state index >= 15 is 0 Å². The SMILES string of the molecule is Cc1ccsc1CN1C[C@@H]2CCn3c(C(=O)NCc4ccco4)nnc3[C@H]2C1. The van der Waals surface area contributed by atoms with Crippen LogP contribution in [0.3, 0.4) is 0 Å². The maximum atomic E-state index is 12.6. The number of amides is 1. The predicted molar refractivity (Wildman–Crippen MR) is 105 cm³/mol. The zero-order chi connectivity index (χ0) is 19.1. The first-order valence-electron chi connectivity index (χ1n) is 9.68. The Hall–Kier alpha value is -2.45. The van der Waals surface area contributed by atoms with Crippen LogP contribution in [0.4, 0.5) is 0 Å². The molecule has 0 spiro atoms. The first kappa shape index (κ1) is 17.6. The van der Waals surface area contributed by atoms with E-state index < -0.39 is 0 Å². The van der Waals surface area contributed by atoms with Crippen LogP contribution in [0.25, 0.3) is 0 Å². The predicted octanol–water partition coefficient (Wildman–Crippen LogP) is 2.79. The standard InChI is InChI=1S/C20H23N5O2S/c1-13-5-8-28-17(13)12-24-10-14-4-6-25-18(16(14)11-24)22-23-19(25)20(26)21-9-15-3-2-7-27-15/h2-3,5,7-8,14,16H,4,6,9-12H2,1H3,(H,21,26)/t14-,16-/m0/s1. The van der Waals surface area contributed by atoms with Gasteiger partial charge in [0, 0.05) is 37.0 Å². The fraction of sp³-hybridized carbons (Fsp3) is 0.450. The molecule has 5 rings (SSSR count). The monoisotopic (exact) mass is 397 g/mol. The molecule has 3 aromatic heterocycles. The summed E-state index contributed by atoms with van der Waals surface area (Å²) >= 11 is 1.83. The minimum Gasteiger partial charge on any atom is -0.467 e. The molecule has 1 fully saturated rings. The van der Waals surface area contributed by atoms with E-state index in [-0.39, 0.29) is 5.91 Å². The lowest BCUT2D eigenvalue weighted by Crippen LogP contribution is -2.30. The summed E-state index contributed by atoms with van der Waals surface area (Å²) in [7, 11) is 0. The third-order valence-corrected chi connectivity index (χ3v) is 6.90. The third kappa shape index (κ3) is 3.16. The molecule has 2 aliphatic rings. The molecule has 0 unspecified atom stereocenters. The zero-order valence-electron chi connectivity index (χ0n) is 15.8. The van der Waals surface area contributed by atoms with Crippen molar-refractivity contribution in [2.45, 2.75) is 38.9 Å². The lowest BCUT2D eigenvalue weighted by Gasteiger charge is -2.25. The second kappa shape index (κ2) is 7.18. The molecule has 146 valence electrons. The van der Waals surface area contributed by atoms with Gasteiger partial charge in [-0.05, 0) is 48.4 Å². The summed E-state index contributed by atoms with van der Waals surface area (Å²) in [6.45, 7) is 6.41. The number of rotatable bonds is 5. The van der Waals surface area contributed by atoms with E-state index in [9.17, 15) is 4.79 Å². The van der Waals surface area contributed by atoms with Crippen LogP contribution in [0, 0.1) is 12.8 Å². The van der Waals surface area contributed by atoms with Crippen LogP contribution in [0.1, 0.15) is 45.0 Å². The van der Waals surface area contributed by atoms with Gasteiger partial charge < -0.3 is 14.3 Å². The van der Waals surface area contributed by atoms with Gasteiger partial charge in [-0.1, -0.05) is 0 Å². The lowest BCUT2D eigenvalue weighted by atomic mass is 9.89. The van der Waals surface area contributed by atoms with Crippen LogP contribution >= 0.6 is 11.3 Å². The van der Waals surface area contributed by atoms with Crippen molar-refractivity contribution >= 4 is 17.2 Å². The summed E-state index contributed by atoms with van der Waals surface area (Å²) in [6, 6.07) is 5.84. The van der Waals surface area contributed by atoms with Gasteiger partial charge in [0.15, 0.2) is 0 Å². The maximum absolute atomic E-state index is 12.6. The van der Waals surface area contributed by atoms with Gasteiger partial charge in [-0.2, -0.15) is 0 Å². The Morgan fingerprint density at radius 2 is 2.29 bits per heavy atom. The molecule has 2 aliphatic heterocycles. The Bertz CT molecular complexity index is 977. The van der Waals surface area contributed by atoms with E-state index in [2.05, 4.69) is 38.8 Å². The second-order valence-corrected chi connectivity index (χ2v) is 8.67. The highest BCUT2D eigenvalue weighted by atomic mass is 32.1. The van der Waals surface area contributed by atoms with Gasteiger partial charge in [0.05, 0.1) is 12.8 Å². The molecule has 0 bridgehead atoms. The number of fused-ring (bicyclic) bond motifs is 3.